The highest BCUT2D eigenvalue weighted by Crippen LogP contribution is 2.28. The number of thiazole rings is 1. The fraction of sp³-hybridized carbons (Fsp3) is 0.348. The first-order valence-corrected chi connectivity index (χ1v) is 12.3. The molecule has 1 saturated heterocycles. The number of amides is 2. The summed E-state index contributed by atoms with van der Waals surface area (Å²) in [5.41, 5.74) is 9.07. The summed E-state index contributed by atoms with van der Waals surface area (Å²) in [6, 6.07) is 4.01. The minimum Gasteiger partial charge on any atom is -0.366 e. The molecule has 1 aliphatic heterocycles. The van der Waals surface area contributed by atoms with Gasteiger partial charge in [0.2, 0.25) is 12.3 Å². The van der Waals surface area contributed by atoms with Gasteiger partial charge in [0.1, 0.15) is 5.82 Å². The number of aryl methyl sites for hydroxylation is 3. The molecule has 3 heterocycles. The van der Waals surface area contributed by atoms with Crippen molar-refractivity contribution in [2.24, 2.45) is 10.7 Å². The number of nitrogens with two attached hydrogens (primary N) is 1. The van der Waals surface area contributed by atoms with Crippen LogP contribution in [0.2, 0.25) is 0 Å². The Morgan fingerprint density at radius 1 is 1.33 bits per heavy atom. The molecule has 0 radical (unpaired) electrons. The summed E-state index contributed by atoms with van der Waals surface area (Å²) in [6.45, 7) is 11.1. The van der Waals surface area contributed by atoms with Gasteiger partial charge >= 0.3 is 0 Å². The Morgan fingerprint density at radius 2 is 2.06 bits per heavy atom. The van der Waals surface area contributed by atoms with Crippen molar-refractivity contribution in [3.8, 4) is 0 Å². The Bertz CT molecular complexity index is 1000. The largest absolute Gasteiger partial charge is 0.366 e. The zero-order valence-electron chi connectivity index (χ0n) is 19.2. The summed E-state index contributed by atoms with van der Waals surface area (Å²) in [5, 5.41) is 6.31. The number of hydrogen-bond donors (Lipinski definition) is 2. The second kappa shape index (κ2) is 13.5. The number of thioether (sulfide) groups is 1. The molecule has 0 aromatic carbocycles. The van der Waals surface area contributed by atoms with E-state index in [-0.39, 0.29) is 0 Å². The van der Waals surface area contributed by atoms with Crippen LogP contribution in [0.4, 0.5) is 5.82 Å². The maximum Gasteiger partial charge on any atom is 0.241 e. The lowest BCUT2D eigenvalue weighted by atomic mass is 10.0. The van der Waals surface area contributed by atoms with Gasteiger partial charge in [0, 0.05) is 25.4 Å². The van der Waals surface area contributed by atoms with E-state index < -0.39 is 5.91 Å². The van der Waals surface area contributed by atoms with Gasteiger partial charge in [0.05, 0.1) is 27.2 Å². The SMILES string of the molecule is C=N/C(=C\SCNc1ccc(C)cn1)c1sc(C)nc1C.NC(=O)C=C1CCN(C=O)CC1. The molecule has 0 saturated carbocycles. The van der Waals surface area contributed by atoms with Crippen molar-refractivity contribution >= 4 is 53.6 Å². The Hall–Kier alpha value is -2.98. The Labute approximate surface area is 203 Å². The Kier molecular flexibility index (Phi) is 10.8. The van der Waals surface area contributed by atoms with Gasteiger partial charge in [-0.2, -0.15) is 0 Å². The highest BCUT2D eigenvalue weighted by Gasteiger charge is 2.12. The molecule has 10 heteroatoms. The molecule has 176 valence electrons. The highest BCUT2D eigenvalue weighted by atomic mass is 32.2. The van der Waals surface area contributed by atoms with Crippen LogP contribution in [0.25, 0.3) is 5.70 Å². The van der Waals surface area contributed by atoms with E-state index in [0.717, 1.165) is 63.4 Å². The zero-order valence-corrected chi connectivity index (χ0v) is 20.8. The van der Waals surface area contributed by atoms with Crippen LogP contribution in [-0.2, 0) is 9.59 Å². The summed E-state index contributed by atoms with van der Waals surface area (Å²) in [7, 11) is 0. The molecule has 3 N–H and O–H groups in total. The fourth-order valence-electron chi connectivity index (χ4n) is 3.00. The lowest BCUT2D eigenvalue weighted by molar-refractivity contribution is -0.118. The molecule has 3 rings (SSSR count). The summed E-state index contributed by atoms with van der Waals surface area (Å²) in [6.07, 6.45) is 5.68. The van der Waals surface area contributed by atoms with Crippen LogP contribution in [0, 0.1) is 20.8 Å². The first-order chi connectivity index (χ1) is 15.8. The number of pyridine rings is 1. The van der Waals surface area contributed by atoms with Crippen molar-refractivity contribution < 1.29 is 9.59 Å². The quantitative estimate of drug-likeness (QED) is 0.192. The van der Waals surface area contributed by atoms with Crippen LogP contribution in [-0.4, -0.2) is 52.9 Å². The maximum absolute atomic E-state index is 10.5. The van der Waals surface area contributed by atoms with Crippen molar-refractivity contribution in [1.29, 1.82) is 0 Å². The molecule has 2 aromatic rings. The number of primary amides is 1. The smallest absolute Gasteiger partial charge is 0.241 e. The van der Waals surface area contributed by atoms with E-state index in [9.17, 15) is 9.59 Å². The van der Waals surface area contributed by atoms with Gasteiger partial charge in [-0.3, -0.25) is 14.6 Å². The molecular weight excluding hydrogens is 456 g/mol. The van der Waals surface area contributed by atoms with E-state index >= 15 is 0 Å². The second-order valence-corrected chi connectivity index (χ2v) is 9.42. The van der Waals surface area contributed by atoms with Crippen LogP contribution in [0.5, 0.6) is 0 Å². The number of likely N-dealkylation sites (tertiary alicyclic amines) is 1. The van der Waals surface area contributed by atoms with E-state index in [1.54, 1.807) is 28.0 Å². The van der Waals surface area contributed by atoms with E-state index in [1.165, 1.54) is 6.08 Å². The van der Waals surface area contributed by atoms with Gasteiger partial charge < -0.3 is 16.0 Å². The zero-order chi connectivity index (χ0) is 24.2. The third-order valence-corrected chi connectivity index (χ3v) is 6.48. The molecule has 1 aliphatic rings. The van der Waals surface area contributed by atoms with Crippen LogP contribution in [0.3, 0.4) is 0 Å². The topological polar surface area (TPSA) is 114 Å². The lowest BCUT2D eigenvalue weighted by Crippen LogP contribution is -2.29. The number of aromatic nitrogens is 2. The first-order valence-electron chi connectivity index (χ1n) is 10.4. The Morgan fingerprint density at radius 3 is 2.58 bits per heavy atom. The number of nitrogens with one attached hydrogen (secondary N) is 1. The average Bonchev–Trinajstić information content (AvgIpc) is 3.13. The van der Waals surface area contributed by atoms with Gasteiger partial charge in [0.15, 0.2) is 0 Å². The predicted octanol–water partition coefficient (Wildman–Crippen LogP) is 3.92. The van der Waals surface area contributed by atoms with E-state index in [4.69, 9.17) is 5.73 Å². The normalized spacial score (nSPS) is 13.6. The van der Waals surface area contributed by atoms with Gasteiger partial charge in [-0.25, -0.2) is 9.97 Å². The summed E-state index contributed by atoms with van der Waals surface area (Å²) < 4.78 is 0. The molecule has 2 aromatic heterocycles. The van der Waals surface area contributed by atoms with Crippen LogP contribution in [0.1, 0.15) is 34.0 Å². The van der Waals surface area contributed by atoms with Gasteiger partial charge in [0.25, 0.3) is 0 Å². The fourth-order valence-corrected chi connectivity index (χ4v) is 4.64. The number of anilines is 1. The Balaban J connectivity index is 0.000000273. The molecule has 0 atom stereocenters. The number of aliphatic imine (C=N–C) groups is 1. The molecule has 33 heavy (non-hydrogen) atoms. The van der Waals surface area contributed by atoms with Gasteiger partial charge in [-0.1, -0.05) is 11.6 Å². The molecular formula is C23H30N6O2S2. The molecule has 2 amide bonds. The number of carbonyl (C=O) groups is 2. The van der Waals surface area contributed by atoms with E-state index in [2.05, 4.69) is 27.0 Å². The molecule has 0 unspecified atom stereocenters. The molecule has 0 spiro atoms. The third-order valence-electron chi connectivity index (χ3n) is 4.69. The van der Waals surface area contributed by atoms with Gasteiger partial charge in [-0.05, 0) is 57.4 Å². The van der Waals surface area contributed by atoms with Crippen LogP contribution >= 0.6 is 23.1 Å². The average molecular weight is 487 g/mol. The number of carbonyl (C=O) groups excluding carboxylic acids is 2. The summed E-state index contributed by atoms with van der Waals surface area (Å²) in [4.78, 5) is 36.4. The van der Waals surface area contributed by atoms with Gasteiger partial charge in [-0.15, -0.1) is 23.1 Å². The number of rotatable bonds is 8. The first kappa shape index (κ1) is 26.3. The highest BCUT2D eigenvalue weighted by molar-refractivity contribution is 8.02. The third kappa shape index (κ3) is 9.19. The standard InChI is InChI=1S/C15H18N4S2.C8H12N2O2/c1-10-5-6-14(17-7-10)18-9-20-8-13(16-4)15-11(2)19-12(3)21-15;9-8(12)5-7-1-3-10(6-11)4-2-7/h5-8H,4,9H2,1-3H3,(H,17,18);5-6H,1-4H2,(H2,9,12)/b13-8-;. The number of piperidine rings is 1. The molecule has 0 aliphatic carbocycles. The molecule has 1 fully saturated rings. The van der Waals surface area contributed by atoms with Crippen molar-refractivity contribution in [3.63, 3.8) is 0 Å². The van der Waals surface area contributed by atoms with Crippen molar-refractivity contribution in [2.75, 3.05) is 24.3 Å². The van der Waals surface area contributed by atoms with Crippen molar-refractivity contribution in [1.82, 2.24) is 14.9 Å². The summed E-state index contributed by atoms with van der Waals surface area (Å²) in [5.74, 6) is 1.20. The minimum absolute atomic E-state index is 0.399. The number of hydrogen-bond acceptors (Lipinski definition) is 8. The minimum atomic E-state index is -0.399. The monoisotopic (exact) mass is 486 g/mol. The van der Waals surface area contributed by atoms with E-state index in [1.807, 2.05) is 44.5 Å². The van der Waals surface area contributed by atoms with Crippen molar-refractivity contribution in [2.45, 2.75) is 33.6 Å². The predicted molar refractivity (Wildman–Crippen MR) is 138 cm³/mol. The van der Waals surface area contributed by atoms with E-state index in [0.29, 0.717) is 13.1 Å². The lowest BCUT2D eigenvalue weighted by Gasteiger charge is -2.24. The summed E-state index contributed by atoms with van der Waals surface area (Å²) >= 11 is 3.27. The second-order valence-electron chi connectivity index (χ2n) is 7.36. The maximum atomic E-state index is 10.5. The van der Waals surface area contributed by atoms with Crippen molar-refractivity contribution in [3.05, 3.63) is 56.5 Å². The van der Waals surface area contributed by atoms with Crippen LogP contribution in [0.15, 0.2) is 40.4 Å². The molecule has 8 nitrogen and oxygen atoms in total. The van der Waals surface area contributed by atoms with Crippen LogP contribution < -0.4 is 11.1 Å². The molecule has 0 bridgehead atoms. The number of nitrogens with zero attached hydrogens (tertiary/aromatic N) is 4.